The Kier molecular flexibility index (Phi) is 10.7. The highest BCUT2D eigenvalue weighted by Crippen LogP contribution is 1.91. The first kappa shape index (κ1) is 12.8. The number of aliphatic carboxylic acids is 1. The van der Waals surface area contributed by atoms with E-state index in [2.05, 4.69) is 6.58 Å². The topological polar surface area (TPSA) is 57.5 Å². The average molecular weight is 160 g/mol. The van der Waals surface area contributed by atoms with Gasteiger partial charge in [-0.25, -0.2) is 4.79 Å². The summed E-state index contributed by atoms with van der Waals surface area (Å²) in [6.07, 6.45) is 2.54. The van der Waals surface area contributed by atoms with Crippen LogP contribution in [-0.2, 0) is 4.79 Å². The van der Waals surface area contributed by atoms with E-state index in [1.54, 1.807) is 0 Å². The molecule has 0 spiro atoms. The first-order valence-electron chi connectivity index (χ1n) is 3.61. The minimum atomic E-state index is -0.981. The first-order valence-corrected chi connectivity index (χ1v) is 3.61. The fourth-order valence-electron chi connectivity index (χ4n) is 0.289. The Balaban J connectivity index is 0. The van der Waals surface area contributed by atoms with Crippen molar-refractivity contribution in [3.8, 4) is 0 Å². The second-order valence-corrected chi connectivity index (χ2v) is 2.01. The highest BCUT2D eigenvalue weighted by Gasteiger charge is 1.90. The number of aliphatic hydroxyl groups excluding tert-OH is 1. The molecule has 0 radical (unpaired) electrons. The van der Waals surface area contributed by atoms with Crippen molar-refractivity contribution in [1.82, 2.24) is 0 Å². The van der Waals surface area contributed by atoms with Crippen LogP contribution in [0.25, 0.3) is 0 Å². The first-order chi connectivity index (χ1) is 5.08. The van der Waals surface area contributed by atoms with Crippen LogP contribution in [0.3, 0.4) is 0 Å². The van der Waals surface area contributed by atoms with Crippen LogP contribution in [0.5, 0.6) is 0 Å². The zero-order chi connectivity index (χ0) is 9.28. The molecule has 3 heteroatoms. The normalized spacial score (nSPS) is 8.36. The van der Waals surface area contributed by atoms with Gasteiger partial charge in [0.2, 0.25) is 0 Å². The van der Waals surface area contributed by atoms with Crippen molar-refractivity contribution in [3.63, 3.8) is 0 Å². The van der Waals surface area contributed by atoms with Crippen LogP contribution in [0.4, 0.5) is 0 Å². The zero-order valence-corrected chi connectivity index (χ0v) is 7.08. The van der Waals surface area contributed by atoms with Gasteiger partial charge >= 0.3 is 5.97 Å². The molecular formula is C8H16O3. The second-order valence-electron chi connectivity index (χ2n) is 2.01. The lowest BCUT2D eigenvalue weighted by atomic mass is 10.2. The molecule has 0 aliphatic carbocycles. The molecule has 0 amide bonds. The smallest absolute Gasteiger partial charge is 0.327 e. The number of carbonyl (C=O) groups is 1. The molecule has 0 aromatic heterocycles. The van der Waals surface area contributed by atoms with Crippen LogP contribution in [0, 0.1) is 0 Å². The van der Waals surface area contributed by atoms with Crippen molar-refractivity contribution in [3.05, 3.63) is 12.7 Å². The van der Waals surface area contributed by atoms with E-state index in [4.69, 9.17) is 10.2 Å². The summed E-state index contributed by atoms with van der Waals surface area (Å²) >= 11 is 0. The third-order valence-electron chi connectivity index (χ3n) is 1.12. The minimum absolute atomic E-state index is 0.0648. The Labute approximate surface area is 67.4 Å². The van der Waals surface area contributed by atoms with E-state index >= 15 is 0 Å². The van der Waals surface area contributed by atoms with E-state index in [1.807, 2.05) is 13.8 Å². The van der Waals surface area contributed by atoms with Gasteiger partial charge in [-0.1, -0.05) is 20.4 Å². The maximum atomic E-state index is 9.25. The summed E-state index contributed by atoms with van der Waals surface area (Å²) < 4.78 is 0. The van der Waals surface area contributed by atoms with E-state index in [-0.39, 0.29) is 6.10 Å². The van der Waals surface area contributed by atoms with E-state index in [0.717, 1.165) is 18.9 Å². The van der Waals surface area contributed by atoms with Crippen LogP contribution in [0.15, 0.2) is 12.7 Å². The molecule has 0 aliphatic rings. The number of rotatable bonds is 3. The molecule has 66 valence electrons. The van der Waals surface area contributed by atoms with Gasteiger partial charge in [-0.05, 0) is 12.8 Å². The van der Waals surface area contributed by atoms with Gasteiger partial charge in [-0.2, -0.15) is 0 Å². The van der Waals surface area contributed by atoms with Gasteiger partial charge in [-0.3, -0.25) is 0 Å². The third kappa shape index (κ3) is 17.6. The lowest BCUT2D eigenvalue weighted by Crippen LogP contribution is -1.99. The number of carboxylic acid groups (broad SMARTS) is 1. The van der Waals surface area contributed by atoms with E-state index < -0.39 is 5.97 Å². The lowest BCUT2D eigenvalue weighted by molar-refractivity contribution is -0.131. The predicted molar refractivity (Wildman–Crippen MR) is 44.4 cm³/mol. The number of carboxylic acids is 1. The molecule has 0 unspecified atom stereocenters. The van der Waals surface area contributed by atoms with Crippen LogP contribution in [0.2, 0.25) is 0 Å². The Hall–Kier alpha value is -0.830. The number of hydrogen-bond donors (Lipinski definition) is 2. The fourth-order valence-corrected chi connectivity index (χ4v) is 0.289. The molecule has 0 bridgehead atoms. The fraction of sp³-hybridized carbons (Fsp3) is 0.625. The molecule has 0 saturated carbocycles. The average Bonchev–Trinajstić information content (AvgIpc) is 2.04. The summed E-state index contributed by atoms with van der Waals surface area (Å²) in [7, 11) is 0. The van der Waals surface area contributed by atoms with Crippen molar-refractivity contribution in [2.45, 2.75) is 32.8 Å². The van der Waals surface area contributed by atoms with Crippen molar-refractivity contribution in [1.29, 1.82) is 0 Å². The van der Waals surface area contributed by atoms with E-state index in [1.165, 1.54) is 0 Å². The monoisotopic (exact) mass is 160 g/mol. The molecule has 0 rings (SSSR count). The molecule has 0 fully saturated rings. The van der Waals surface area contributed by atoms with Crippen LogP contribution < -0.4 is 0 Å². The SMILES string of the molecule is C=CC(=O)O.CCC(O)CC. The highest BCUT2D eigenvalue weighted by atomic mass is 16.4. The minimum Gasteiger partial charge on any atom is -0.478 e. The van der Waals surface area contributed by atoms with Gasteiger partial charge in [-0.15, -0.1) is 0 Å². The highest BCUT2D eigenvalue weighted by molar-refractivity contribution is 5.78. The maximum absolute atomic E-state index is 9.25. The Morgan fingerprint density at radius 2 is 1.82 bits per heavy atom. The van der Waals surface area contributed by atoms with Crippen molar-refractivity contribution in [2.75, 3.05) is 0 Å². The molecule has 0 aromatic rings. The largest absolute Gasteiger partial charge is 0.478 e. The second kappa shape index (κ2) is 9.17. The standard InChI is InChI=1S/C5H12O.C3H4O2/c1-3-5(6)4-2;1-2-3(4)5/h5-6H,3-4H2,1-2H3;2H,1H2,(H,4,5). The molecule has 2 N–H and O–H groups in total. The van der Waals surface area contributed by atoms with Crippen LogP contribution >= 0.6 is 0 Å². The van der Waals surface area contributed by atoms with Crippen molar-refractivity contribution in [2.24, 2.45) is 0 Å². The molecule has 0 saturated heterocycles. The molecular weight excluding hydrogens is 144 g/mol. The molecule has 3 nitrogen and oxygen atoms in total. The molecule has 0 aliphatic heterocycles. The zero-order valence-electron chi connectivity index (χ0n) is 7.08. The summed E-state index contributed by atoms with van der Waals surface area (Å²) in [5.41, 5.74) is 0. The summed E-state index contributed by atoms with van der Waals surface area (Å²) in [4.78, 5) is 9.25. The maximum Gasteiger partial charge on any atom is 0.327 e. The van der Waals surface area contributed by atoms with Gasteiger partial charge < -0.3 is 10.2 Å². The van der Waals surface area contributed by atoms with Crippen LogP contribution in [-0.4, -0.2) is 22.3 Å². The molecule has 0 aromatic carbocycles. The Morgan fingerprint density at radius 1 is 1.55 bits per heavy atom. The Bertz CT molecular complexity index is 106. The van der Waals surface area contributed by atoms with Crippen LogP contribution in [0.1, 0.15) is 26.7 Å². The summed E-state index contributed by atoms with van der Waals surface area (Å²) in [6, 6.07) is 0. The molecule has 0 heterocycles. The summed E-state index contributed by atoms with van der Waals surface area (Å²) in [5.74, 6) is -0.981. The number of hydrogen-bond acceptors (Lipinski definition) is 2. The van der Waals surface area contributed by atoms with Gasteiger partial charge in [0, 0.05) is 6.08 Å². The van der Waals surface area contributed by atoms with Gasteiger partial charge in [0.05, 0.1) is 6.10 Å². The van der Waals surface area contributed by atoms with Gasteiger partial charge in [0.15, 0.2) is 0 Å². The summed E-state index contributed by atoms with van der Waals surface area (Å²) in [6.45, 7) is 6.92. The van der Waals surface area contributed by atoms with Crippen molar-refractivity contribution < 1.29 is 15.0 Å². The third-order valence-corrected chi connectivity index (χ3v) is 1.12. The molecule has 11 heavy (non-hydrogen) atoms. The van der Waals surface area contributed by atoms with Gasteiger partial charge in [0.25, 0.3) is 0 Å². The quantitative estimate of drug-likeness (QED) is 0.614. The summed E-state index contributed by atoms with van der Waals surface area (Å²) in [5, 5.41) is 16.3. The van der Waals surface area contributed by atoms with E-state index in [9.17, 15) is 4.79 Å². The predicted octanol–water partition coefficient (Wildman–Crippen LogP) is 1.42. The Morgan fingerprint density at radius 3 is 1.82 bits per heavy atom. The van der Waals surface area contributed by atoms with Crippen molar-refractivity contribution >= 4 is 5.97 Å². The lowest BCUT2D eigenvalue weighted by Gasteiger charge is -1.98. The van der Waals surface area contributed by atoms with Gasteiger partial charge in [0.1, 0.15) is 0 Å². The number of aliphatic hydroxyl groups is 1. The van der Waals surface area contributed by atoms with E-state index in [0.29, 0.717) is 0 Å². The molecule has 0 atom stereocenters.